The molecule has 0 aromatic heterocycles. The van der Waals surface area contributed by atoms with Gasteiger partial charge in [-0.2, -0.15) is 0 Å². The summed E-state index contributed by atoms with van der Waals surface area (Å²) in [5.74, 6) is 0.313. The van der Waals surface area contributed by atoms with E-state index in [9.17, 15) is 4.79 Å². The van der Waals surface area contributed by atoms with Crippen molar-refractivity contribution in [2.24, 2.45) is 0 Å². The van der Waals surface area contributed by atoms with E-state index >= 15 is 0 Å². The number of carboxylic acid groups (broad SMARTS) is 1. The summed E-state index contributed by atoms with van der Waals surface area (Å²) in [4.78, 5) is 10.4. The van der Waals surface area contributed by atoms with Crippen LogP contribution in [-0.2, 0) is 11.3 Å². The van der Waals surface area contributed by atoms with Crippen LogP contribution in [0.1, 0.15) is 5.56 Å². The van der Waals surface area contributed by atoms with Gasteiger partial charge in [0, 0.05) is 16.6 Å². The summed E-state index contributed by atoms with van der Waals surface area (Å²) < 4.78 is 11.3. The van der Waals surface area contributed by atoms with Crippen LogP contribution >= 0.6 is 15.9 Å². The summed E-state index contributed by atoms with van der Waals surface area (Å²) in [6.07, 6.45) is 0. The number of methoxy groups -OCH3 is 2. The number of carbonyl (C=O) groups is 1. The number of carboxylic acids is 1. The quantitative estimate of drug-likeness (QED) is 0.836. The second kappa shape index (κ2) is 6.46. The second-order valence-electron chi connectivity index (χ2n) is 3.30. The zero-order chi connectivity index (χ0) is 12.8. The molecule has 0 aliphatic rings. The van der Waals surface area contributed by atoms with Gasteiger partial charge in [-0.3, -0.25) is 4.79 Å². The SMILES string of the molecule is COc1cc(Br)cc(CNCC(=O)O)c1OC. The van der Waals surface area contributed by atoms with E-state index in [-0.39, 0.29) is 6.54 Å². The van der Waals surface area contributed by atoms with Gasteiger partial charge in [-0.15, -0.1) is 0 Å². The Morgan fingerprint density at radius 1 is 1.41 bits per heavy atom. The maximum absolute atomic E-state index is 10.4. The van der Waals surface area contributed by atoms with Crippen LogP contribution in [-0.4, -0.2) is 31.8 Å². The Balaban J connectivity index is 2.88. The first-order chi connectivity index (χ1) is 8.08. The second-order valence-corrected chi connectivity index (χ2v) is 4.21. The molecule has 0 atom stereocenters. The average Bonchev–Trinajstić information content (AvgIpc) is 2.27. The van der Waals surface area contributed by atoms with Gasteiger partial charge >= 0.3 is 5.97 Å². The summed E-state index contributed by atoms with van der Waals surface area (Å²) in [7, 11) is 3.10. The predicted molar refractivity (Wildman–Crippen MR) is 66.6 cm³/mol. The maximum Gasteiger partial charge on any atom is 0.317 e. The molecule has 0 heterocycles. The Morgan fingerprint density at radius 3 is 2.65 bits per heavy atom. The Labute approximate surface area is 108 Å². The van der Waals surface area contributed by atoms with Crippen molar-refractivity contribution in [3.8, 4) is 11.5 Å². The van der Waals surface area contributed by atoms with Crippen molar-refractivity contribution in [1.29, 1.82) is 0 Å². The zero-order valence-corrected chi connectivity index (χ0v) is 11.2. The molecule has 94 valence electrons. The lowest BCUT2D eigenvalue weighted by Crippen LogP contribution is -2.22. The Kier molecular flexibility index (Phi) is 5.24. The monoisotopic (exact) mass is 303 g/mol. The number of nitrogens with one attached hydrogen (secondary N) is 1. The number of ether oxygens (including phenoxy) is 2. The first-order valence-electron chi connectivity index (χ1n) is 4.91. The van der Waals surface area contributed by atoms with Gasteiger partial charge < -0.3 is 19.9 Å². The van der Waals surface area contributed by atoms with Crippen molar-refractivity contribution in [2.75, 3.05) is 20.8 Å². The minimum absolute atomic E-state index is 0.0992. The van der Waals surface area contributed by atoms with E-state index in [0.717, 1.165) is 10.0 Å². The van der Waals surface area contributed by atoms with Crippen LogP contribution in [0.15, 0.2) is 16.6 Å². The average molecular weight is 304 g/mol. The molecule has 0 spiro atoms. The highest BCUT2D eigenvalue weighted by atomic mass is 79.9. The highest BCUT2D eigenvalue weighted by molar-refractivity contribution is 9.10. The predicted octanol–water partition coefficient (Wildman–Crippen LogP) is 1.64. The van der Waals surface area contributed by atoms with Gasteiger partial charge in [-0.25, -0.2) is 0 Å². The fraction of sp³-hybridized carbons (Fsp3) is 0.364. The van der Waals surface area contributed by atoms with Gasteiger partial charge in [0.25, 0.3) is 0 Å². The highest BCUT2D eigenvalue weighted by Crippen LogP contribution is 2.34. The molecular formula is C11H14BrNO4. The summed E-state index contributed by atoms with van der Waals surface area (Å²) >= 11 is 3.36. The van der Waals surface area contributed by atoms with Gasteiger partial charge in [0.2, 0.25) is 0 Å². The van der Waals surface area contributed by atoms with Gasteiger partial charge in [0.05, 0.1) is 20.8 Å². The van der Waals surface area contributed by atoms with E-state index in [0.29, 0.717) is 18.0 Å². The molecule has 0 saturated heterocycles. The summed E-state index contributed by atoms with van der Waals surface area (Å²) in [5, 5.41) is 11.3. The van der Waals surface area contributed by atoms with Gasteiger partial charge in [0.15, 0.2) is 11.5 Å². The van der Waals surface area contributed by atoms with Crippen molar-refractivity contribution in [2.45, 2.75) is 6.54 Å². The van der Waals surface area contributed by atoms with E-state index in [1.54, 1.807) is 20.3 Å². The third-order valence-electron chi connectivity index (χ3n) is 2.11. The maximum atomic E-state index is 10.4. The van der Waals surface area contributed by atoms with Crippen LogP contribution in [0.2, 0.25) is 0 Å². The number of rotatable bonds is 6. The van der Waals surface area contributed by atoms with Gasteiger partial charge in [0.1, 0.15) is 0 Å². The third-order valence-corrected chi connectivity index (χ3v) is 2.57. The first kappa shape index (κ1) is 13.8. The van der Waals surface area contributed by atoms with Gasteiger partial charge in [-0.05, 0) is 12.1 Å². The summed E-state index contributed by atoms with van der Waals surface area (Å²) in [5.41, 5.74) is 0.833. The van der Waals surface area contributed by atoms with Crippen molar-refractivity contribution >= 4 is 21.9 Å². The van der Waals surface area contributed by atoms with Crippen LogP contribution in [0, 0.1) is 0 Å². The summed E-state index contributed by atoms with van der Waals surface area (Å²) in [6.45, 7) is 0.295. The van der Waals surface area contributed by atoms with Crippen molar-refractivity contribution in [3.63, 3.8) is 0 Å². The minimum atomic E-state index is -0.897. The van der Waals surface area contributed by atoms with Crippen LogP contribution < -0.4 is 14.8 Å². The smallest absolute Gasteiger partial charge is 0.317 e. The number of hydrogen-bond donors (Lipinski definition) is 2. The molecule has 17 heavy (non-hydrogen) atoms. The van der Waals surface area contributed by atoms with Gasteiger partial charge in [-0.1, -0.05) is 15.9 Å². The number of benzene rings is 1. The van der Waals surface area contributed by atoms with E-state index < -0.39 is 5.97 Å². The topological polar surface area (TPSA) is 67.8 Å². The van der Waals surface area contributed by atoms with Crippen LogP contribution in [0.25, 0.3) is 0 Å². The molecule has 5 nitrogen and oxygen atoms in total. The number of aliphatic carboxylic acids is 1. The molecule has 0 unspecified atom stereocenters. The molecule has 6 heteroatoms. The summed E-state index contributed by atoms with van der Waals surface area (Å²) in [6, 6.07) is 3.65. The highest BCUT2D eigenvalue weighted by Gasteiger charge is 2.11. The van der Waals surface area contributed by atoms with Crippen LogP contribution in [0.3, 0.4) is 0 Å². The molecular weight excluding hydrogens is 290 g/mol. The third kappa shape index (κ3) is 3.90. The molecule has 1 aromatic rings. The van der Waals surface area contributed by atoms with E-state index in [1.807, 2.05) is 6.07 Å². The molecule has 1 rings (SSSR count). The van der Waals surface area contributed by atoms with Crippen molar-refractivity contribution in [3.05, 3.63) is 22.2 Å². The van der Waals surface area contributed by atoms with Crippen molar-refractivity contribution < 1.29 is 19.4 Å². The zero-order valence-electron chi connectivity index (χ0n) is 9.62. The minimum Gasteiger partial charge on any atom is -0.493 e. The lowest BCUT2D eigenvalue weighted by Gasteiger charge is -2.13. The van der Waals surface area contributed by atoms with Crippen LogP contribution in [0.4, 0.5) is 0 Å². The van der Waals surface area contributed by atoms with Crippen molar-refractivity contribution in [1.82, 2.24) is 5.32 Å². The largest absolute Gasteiger partial charge is 0.493 e. The lowest BCUT2D eigenvalue weighted by molar-refractivity contribution is -0.135. The molecule has 0 fully saturated rings. The fourth-order valence-corrected chi connectivity index (χ4v) is 1.93. The van der Waals surface area contributed by atoms with E-state index in [2.05, 4.69) is 21.2 Å². The van der Waals surface area contributed by atoms with E-state index in [1.165, 1.54) is 0 Å². The van der Waals surface area contributed by atoms with Crippen LogP contribution in [0.5, 0.6) is 11.5 Å². The Bertz CT molecular complexity index is 409. The molecule has 0 aliphatic heterocycles. The normalized spacial score (nSPS) is 10.1. The first-order valence-corrected chi connectivity index (χ1v) is 5.70. The molecule has 0 aliphatic carbocycles. The molecule has 2 N–H and O–H groups in total. The Morgan fingerprint density at radius 2 is 2.12 bits per heavy atom. The molecule has 0 bridgehead atoms. The number of halogens is 1. The lowest BCUT2D eigenvalue weighted by atomic mass is 10.2. The standard InChI is InChI=1S/C11H14BrNO4/c1-16-9-4-8(12)3-7(11(9)17-2)5-13-6-10(14)15/h3-4,13H,5-6H2,1-2H3,(H,14,15). The fourth-order valence-electron chi connectivity index (χ4n) is 1.44. The molecule has 0 radical (unpaired) electrons. The Hall–Kier alpha value is -1.27. The molecule has 0 amide bonds. The number of hydrogen-bond acceptors (Lipinski definition) is 4. The molecule has 0 saturated carbocycles. The molecule has 1 aromatic carbocycles. The van der Waals surface area contributed by atoms with E-state index in [4.69, 9.17) is 14.6 Å².